The molecule has 4 N–H and O–H groups in total. The molecule has 1 aliphatic carbocycles. The van der Waals surface area contributed by atoms with Crippen molar-refractivity contribution in [1.82, 2.24) is 20.6 Å². The van der Waals surface area contributed by atoms with E-state index in [-0.39, 0.29) is 59.6 Å². The summed E-state index contributed by atoms with van der Waals surface area (Å²) in [6, 6.07) is 4.90. The summed E-state index contributed by atoms with van der Waals surface area (Å²) in [6.07, 6.45) is -1.36. The Morgan fingerprint density at radius 3 is 2.59 bits per heavy atom. The lowest BCUT2D eigenvalue weighted by Crippen LogP contribution is -2.44. The van der Waals surface area contributed by atoms with Crippen molar-refractivity contribution >= 4 is 22.7 Å². The first-order valence-electron chi connectivity index (χ1n) is 12.0. The number of nitrogens with one attached hydrogen (secondary N) is 2. The molecular formula is C25H28F3N5O4. The maximum Gasteiger partial charge on any atom is 0.433 e. The minimum absolute atomic E-state index is 0.00644. The van der Waals surface area contributed by atoms with Gasteiger partial charge in [-0.1, -0.05) is 13.3 Å². The van der Waals surface area contributed by atoms with Gasteiger partial charge in [0.15, 0.2) is 11.5 Å². The molecule has 1 aliphatic rings. The van der Waals surface area contributed by atoms with Crippen molar-refractivity contribution in [3.05, 3.63) is 41.4 Å². The summed E-state index contributed by atoms with van der Waals surface area (Å²) >= 11 is 0. The molecule has 9 nitrogen and oxygen atoms in total. The molecule has 0 unspecified atom stereocenters. The number of ether oxygens (including phenoxy) is 1. The van der Waals surface area contributed by atoms with E-state index in [1.807, 2.05) is 6.92 Å². The van der Waals surface area contributed by atoms with Gasteiger partial charge in [-0.15, -0.1) is 0 Å². The fourth-order valence-corrected chi connectivity index (χ4v) is 4.02. The average Bonchev–Trinajstić information content (AvgIpc) is 3.64. The number of oxazole rings is 1. The van der Waals surface area contributed by atoms with Crippen molar-refractivity contribution in [2.45, 2.75) is 51.4 Å². The number of carbonyl (C=O) groups excluding carboxylic acids is 2. The van der Waals surface area contributed by atoms with Crippen molar-refractivity contribution in [3.63, 3.8) is 0 Å². The van der Waals surface area contributed by atoms with Gasteiger partial charge in [-0.05, 0) is 43.5 Å². The lowest BCUT2D eigenvalue weighted by atomic mass is 10.1. The summed E-state index contributed by atoms with van der Waals surface area (Å²) in [7, 11) is 1.33. The summed E-state index contributed by atoms with van der Waals surface area (Å²) in [5.74, 6) is -0.223. The number of benzene rings is 1. The predicted molar refractivity (Wildman–Crippen MR) is 129 cm³/mol. The highest BCUT2D eigenvalue weighted by atomic mass is 19.4. The maximum atomic E-state index is 13.2. The zero-order valence-electron chi connectivity index (χ0n) is 20.4. The second-order valence-corrected chi connectivity index (χ2v) is 8.88. The van der Waals surface area contributed by atoms with Crippen LogP contribution in [-0.2, 0) is 17.5 Å². The van der Waals surface area contributed by atoms with E-state index in [9.17, 15) is 22.8 Å². The largest absolute Gasteiger partial charge is 0.494 e. The fourth-order valence-electron chi connectivity index (χ4n) is 4.02. The van der Waals surface area contributed by atoms with Crippen LogP contribution >= 0.6 is 0 Å². The Kier molecular flexibility index (Phi) is 7.67. The molecule has 0 spiro atoms. The van der Waals surface area contributed by atoms with Gasteiger partial charge in [-0.25, -0.2) is 9.97 Å². The summed E-state index contributed by atoms with van der Waals surface area (Å²) in [5.41, 5.74) is 4.98. The standard InChI is InChI=1S/C25H28F3N5O4/c1-3-4-14(31-22(34)13-5-6-13)12-30-23(35)21-18(11-29)37-24(33-21)16-7-9-17(36-2)20-15(16)8-10-19(32-20)25(26,27)28/h7-10,13-14H,3-6,11-12,29H2,1-2H3,(H,30,35)(H,31,34)/t14-/m1/s1. The molecule has 0 aliphatic heterocycles. The lowest BCUT2D eigenvalue weighted by Gasteiger charge is -2.18. The van der Waals surface area contributed by atoms with Crippen LogP contribution in [0.2, 0.25) is 0 Å². The second-order valence-electron chi connectivity index (χ2n) is 8.88. The molecule has 12 heteroatoms. The third kappa shape index (κ3) is 5.85. The van der Waals surface area contributed by atoms with Crippen molar-refractivity contribution in [2.24, 2.45) is 11.7 Å². The third-order valence-corrected chi connectivity index (χ3v) is 6.10. The molecule has 2 aromatic heterocycles. The second kappa shape index (κ2) is 10.8. The molecule has 1 saturated carbocycles. The Hall–Kier alpha value is -3.67. The zero-order chi connectivity index (χ0) is 26.7. The lowest BCUT2D eigenvalue weighted by molar-refractivity contribution is -0.141. The van der Waals surface area contributed by atoms with Crippen LogP contribution in [0.3, 0.4) is 0 Å². The normalized spacial score (nSPS) is 14.4. The van der Waals surface area contributed by atoms with Gasteiger partial charge in [0.1, 0.15) is 17.0 Å². The number of hydrogen-bond acceptors (Lipinski definition) is 7. The zero-order valence-corrected chi connectivity index (χ0v) is 20.4. The number of aromatic nitrogens is 2. The number of nitrogens with zero attached hydrogens (tertiary/aromatic N) is 2. The molecule has 198 valence electrons. The van der Waals surface area contributed by atoms with Crippen LogP contribution in [-0.4, -0.2) is 41.5 Å². The number of halogens is 3. The summed E-state index contributed by atoms with van der Waals surface area (Å²) in [4.78, 5) is 33.2. The number of fused-ring (bicyclic) bond motifs is 1. The monoisotopic (exact) mass is 519 g/mol. The summed E-state index contributed by atoms with van der Waals surface area (Å²) < 4.78 is 50.7. The Balaban J connectivity index is 1.61. The van der Waals surface area contributed by atoms with Crippen molar-refractivity contribution in [2.75, 3.05) is 13.7 Å². The van der Waals surface area contributed by atoms with Crippen LogP contribution in [0.4, 0.5) is 13.2 Å². The van der Waals surface area contributed by atoms with E-state index < -0.39 is 17.8 Å². The number of methoxy groups -OCH3 is 1. The highest BCUT2D eigenvalue weighted by molar-refractivity contribution is 5.98. The number of amides is 2. The Morgan fingerprint density at radius 2 is 1.97 bits per heavy atom. The highest BCUT2D eigenvalue weighted by Gasteiger charge is 2.33. The molecule has 2 amide bonds. The predicted octanol–water partition coefficient (Wildman–Crippen LogP) is 3.80. The average molecular weight is 520 g/mol. The first-order chi connectivity index (χ1) is 17.7. The van der Waals surface area contributed by atoms with E-state index in [2.05, 4.69) is 20.6 Å². The smallest absolute Gasteiger partial charge is 0.433 e. The number of nitrogens with two attached hydrogens (primary N) is 1. The number of alkyl halides is 3. The van der Waals surface area contributed by atoms with E-state index in [1.54, 1.807) is 6.07 Å². The van der Waals surface area contributed by atoms with Gasteiger partial charge in [0.05, 0.1) is 13.7 Å². The number of rotatable bonds is 10. The Bertz CT molecular complexity index is 1300. The molecule has 0 bridgehead atoms. The quantitative estimate of drug-likeness (QED) is 0.371. The van der Waals surface area contributed by atoms with E-state index in [0.29, 0.717) is 17.4 Å². The molecule has 2 heterocycles. The molecule has 0 radical (unpaired) electrons. The number of hydrogen-bond donors (Lipinski definition) is 3. The van der Waals surface area contributed by atoms with Crippen LogP contribution < -0.4 is 21.1 Å². The SMILES string of the molecule is CCC[C@H](CNC(=O)c1nc(-c2ccc(OC)c3nc(C(F)(F)F)ccc23)oc1CN)NC(=O)C1CC1. The minimum atomic E-state index is -4.64. The van der Waals surface area contributed by atoms with E-state index >= 15 is 0 Å². The highest BCUT2D eigenvalue weighted by Crippen LogP contribution is 2.37. The van der Waals surface area contributed by atoms with Gasteiger partial charge in [0.25, 0.3) is 5.91 Å². The van der Waals surface area contributed by atoms with Crippen LogP contribution in [0.1, 0.15) is 54.5 Å². The first-order valence-corrected chi connectivity index (χ1v) is 12.0. The van der Waals surface area contributed by atoms with E-state index in [0.717, 1.165) is 25.3 Å². The third-order valence-electron chi connectivity index (χ3n) is 6.10. The molecule has 0 saturated heterocycles. The summed E-state index contributed by atoms with van der Waals surface area (Å²) in [5, 5.41) is 6.05. The molecular weight excluding hydrogens is 491 g/mol. The molecule has 1 aromatic carbocycles. The van der Waals surface area contributed by atoms with Crippen LogP contribution in [0.15, 0.2) is 28.7 Å². The molecule has 3 aromatic rings. The molecule has 4 rings (SSSR count). The van der Waals surface area contributed by atoms with Crippen LogP contribution in [0.25, 0.3) is 22.4 Å². The van der Waals surface area contributed by atoms with Gasteiger partial charge in [0, 0.05) is 29.5 Å². The maximum absolute atomic E-state index is 13.2. The van der Waals surface area contributed by atoms with E-state index in [1.165, 1.54) is 19.2 Å². The minimum Gasteiger partial charge on any atom is -0.494 e. The first kappa shape index (κ1) is 26.4. The Labute approximate surface area is 211 Å². The van der Waals surface area contributed by atoms with Gasteiger partial charge in [-0.3, -0.25) is 9.59 Å². The molecule has 37 heavy (non-hydrogen) atoms. The Morgan fingerprint density at radius 1 is 1.22 bits per heavy atom. The fraction of sp³-hybridized carbons (Fsp3) is 0.440. The molecule has 1 atom stereocenters. The topological polar surface area (TPSA) is 132 Å². The van der Waals surface area contributed by atoms with Crippen molar-refractivity contribution in [3.8, 4) is 17.2 Å². The van der Waals surface area contributed by atoms with Gasteiger partial charge in [-0.2, -0.15) is 13.2 Å². The van der Waals surface area contributed by atoms with Gasteiger partial charge < -0.3 is 25.5 Å². The van der Waals surface area contributed by atoms with Crippen LogP contribution in [0.5, 0.6) is 5.75 Å². The van der Waals surface area contributed by atoms with Gasteiger partial charge >= 0.3 is 6.18 Å². The van der Waals surface area contributed by atoms with E-state index in [4.69, 9.17) is 14.9 Å². The number of pyridine rings is 1. The number of carbonyl (C=O) groups is 2. The van der Waals surface area contributed by atoms with Gasteiger partial charge in [0.2, 0.25) is 11.8 Å². The van der Waals surface area contributed by atoms with Crippen molar-refractivity contribution < 1.29 is 31.9 Å². The van der Waals surface area contributed by atoms with Crippen LogP contribution in [0, 0.1) is 5.92 Å². The summed E-state index contributed by atoms with van der Waals surface area (Å²) in [6.45, 7) is 2.06. The molecule has 1 fully saturated rings. The van der Waals surface area contributed by atoms with Crippen molar-refractivity contribution in [1.29, 1.82) is 0 Å².